The molecule has 0 aliphatic heterocycles. The first-order valence-electron chi connectivity index (χ1n) is 6.47. The van der Waals surface area contributed by atoms with E-state index >= 15 is 0 Å². The fourth-order valence-corrected chi connectivity index (χ4v) is 3.32. The summed E-state index contributed by atoms with van der Waals surface area (Å²) in [6.45, 7) is 6.34. The third-order valence-corrected chi connectivity index (χ3v) is 4.48. The fraction of sp³-hybridized carbons (Fsp3) is 0.400. The molecule has 1 atom stereocenters. The van der Waals surface area contributed by atoms with Crippen LogP contribution >= 0.6 is 22.9 Å². The highest BCUT2D eigenvalue weighted by atomic mass is 35.5. The monoisotopic (exact) mass is 294 g/mol. The van der Waals surface area contributed by atoms with Crippen LogP contribution in [0.2, 0.25) is 5.02 Å². The maximum absolute atomic E-state index is 6.03. The average Bonchev–Trinajstić information content (AvgIpc) is 2.76. The van der Waals surface area contributed by atoms with Gasteiger partial charge in [-0.1, -0.05) is 37.6 Å². The summed E-state index contributed by atoms with van der Waals surface area (Å²) in [6, 6.07) is 7.98. The molecule has 0 saturated heterocycles. The Kier molecular flexibility index (Phi) is 4.61. The van der Waals surface area contributed by atoms with Crippen LogP contribution in [0.25, 0.3) is 0 Å². The van der Waals surface area contributed by atoms with Crippen LogP contribution in [0.4, 0.5) is 0 Å². The van der Waals surface area contributed by atoms with E-state index in [2.05, 4.69) is 13.8 Å². The minimum atomic E-state index is 0.0499. The summed E-state index contributed by atoms with van der Waals surface area (Å²) in [6.07, 6.45) is 0.842. The fourth-order valence-electron chi connectivity index (χ4n) is 1.98. The molecule has 0 aliphatic carbocycles. The zero-order chi connectivity index (χ0) is 14.0. The van der Waals surface area contributed by atoms with Gasteiger partial charge in [0.1, 0.15) is 0 Å². The molecule has 2 N–H and O–H groups in total. The molecule has 102 valence electrons. The van der Waals surface area contributed by atoms with Gasteiger partial charge in [0.05, 0.1) is 10.7 Å². The highest BCUT2D eigenvalue weighted by Gasteiger charge is 2.17. The summed E-state index contributed by atoms with van der Waals surface area (Å²) in [4.78, 5) is 5.96. The van der Waals surface area contributed by atoms with Gasteiger partial charge >= 0.3 is 0 Å². The van der Waals surface area contributed by atoms with E-state index in [1.807, 2.05) is 31.2 Å². The molecule has 0 radical (unpaired) electrons. The number of rotatable bonds is 4. The van der Waals surface area contributed by atoms with E-state index in [-0.39, 0.29) is 6.04 Å². The van der Waals surface area contributed by atoms with Crippen LogP contribution in [0, 0.1) is 0 Å². The summed E-state index contributed by atoms with van der Waals surface area (Å²) < 4.78 is 0. The molecule has 0 spiro atoms. The smallest absolute Gasteiger partial charge is 0.0975 e. The lowest BCUT2D eigenvalue weighted by Gasteiger charge is -2.07. The van der Waals surface area contributed by atoms with Crippen molar-refractivity contribution < 1.29 is 0 Å². The molecule has 0 amide bonds. The highest BCUT2D eigenvalue weighted by molar-refractivity contribution is 7.11. The first kappa shape index (κ1) is 14.5. The number of halogens is 1. The summed E-state index contributed by atoms with van der Waals surface area (Å²) in [5.74, 6) is 0.413. The second kappa shape index (κ2) is 6.04. The van der Waals surface area contributed by atoms with Crippen LogP contribution < -0.4 is 5.73 Å². The molecule has 1 aromatic heterocycles. The first-order valence-corrected chi connectivity index (χ1v) is 7.66. The number of hydrogen-bond acceptors (Lipinski definition) is 3. The van der Waals surface area contributed by atoms with Crippen molar-refractivity contribution in [2.45, 2.75) is 39.2 Å². The largest absolute Gasteiger partial charge is 0.323 e. The van der Waals surface area contributed by atoms with Gasteiger partial charge in [-0.2, -0.15) is 0 Å². The van der Waals surface area contributed by atoms with Gasteiger partial charge in [0.15, 0.2) is 0 Å². The van der Waals surface area contributed by atoms with Crippen molar-refractivity contribution in [1.29, 1.82) is 0 Å². The zero-order valence-electron chi connectivity index (χ0n) is 11.5. The molecular weight excluding hydrogens is 276 g/mol. The van der Waals surface area contributed by atoms with Crippen LogP contribution in [0.3, 0.4) is 0 Å². The van der Waals surface area contributed by atoms with Crippen molar-refractivity contribution in [3.05, 3.63) is 50.4 Å². The Bertz CT molecular complexity index is 518. The Morgan fingerprint density at radius 2 is 1.84 bits per heavy atom. The SMILES string of the molecule is CC(C)c1nc(Cc2ccc(Cl)cc2)sc1C(C)N. The van der Waals surface area contributed by atoms with E-state index in [0.717, 1.165) is 22.1 Å². The minimum absolute atomic E-state index is 0.0499. The zero-order valence-corrected chi connectivity index (χ0v) is 13.1. The summed E-state index contributed by atoms with van der Waals surface area (Å²) >= 11 is 7.62. The maximum Gasteiger partial charge on any atom is 0.0975 e. The van der Waals surface area contributed by atoms with Crippen molar-refractivity contribution in [2.75, 3.05) is 0 Å². The summed E-state index contributed by atoms with van der Waals surface area (Å²) in [5, 5.41) is 1.89. The van der Waals surface area contributed by atoms with Gasteiger partial charge in [0, 0.05) is 22.4 Å². The number of aromatic nitrogens is 1. The number of thiazole rings is 1. The summed E-state index contributed by atoms with van der Waals surface area (Å²) in [7, 11) is 0. The topological polar surface area (TPSA) is 38.9 Å². The normalized spacial score (nSPS) is 12.9. The molecule has 2 rings (SSSR count). The quantitative estimate of drug-likeness (QED) is 0.900. The molecule has 0 bridgehead atoms. The molecule has 0 aliphatic rings. The number of nitrogens with zero attached hydrogens (tertiary/aromatic N) is 1. The number of hydrogen-bond donors (Lipinski definition) is 1. The Morgan fingerprint density at radius 1 is 1.21 bits per heavy atom. The van der Waals surface area contributed by atoms with Gasteiger partial charge in [-0.25, -0.2) is 4.98 Å². The van der Waals surface area contributed by atoms with Crippen LogP contribution in [0.5, 0.6) is 0 Å². The maximum atomic E-state index is 6.03. The molecule has 2 aromatic rings. The predicted octanol–water partition coefficient (Wildman–Crippen LogP) is 4.53. The molecule has 19 heavy (non-hydrogen) atoms. The van der Waals surface area contributed by atoms with Crippen molar-refractivity contribution in [3.8, 4) is 0 Å². The van der Waals surface area contributed by atoms with E-state index in [9.17, 15) is 0 Å². The lowest BCUT2D eigenvalue weighted by atomic mass is 10.1. The second-order valence-electron chi connectivity index (χ2n) is 5.10. The van der Waals surface area contributed by atoms with E-state index < -0.39 is 0 Å². The number of nitrogens with two attached hydrogens (primary N) is 1. The Morgan fingerprint density at radius 3 is 2.32 bits per heavy atom. The van der Waals surface area contributed by atoms with Crippen molar-refractivity contribution in [3.63, 3.8) is 0 Å². The van der Waals surface area contributed by atoms with E-state index in [1.54, 1.807) is 11.3 Å². The molecular formula is C15H19ClN2S. The Labute approximate surface area is 123 Å². The molecule has 1 unspecified atom stereocenters. The van der Waals surface area contributed by atoms with E-state index in [1.165, 1.54) is 10.4 Å². The van der Waals surface area contributed by atoms with E-state index in [0.29, 0.717) is 5.92 Å². The molecule has 0 fully saturated rings. The van der Waals surface area contributed by atoms with Crippen LogP contribution in [-0.2, 0) is 6.42 Å². The molecule has 0 saturated carbocycles. The third kappa shape index (κ3) is 3.56. The Balaban J connectivity index is 2.26. The van der Waals surface area contributed by atoms with Gasteiger partial charge in [0.25, 0.3) is 0 Å². The lowest BCUT2D eigenvalue weighted by Crippen LogP contribution is -2.06. The molecule has 1 aromatic carbocycles. The standard InChI is InChI=1S/C15H19ClN2S/c1-9(2)14-15(10(3)17)19-13(18-14)8-11-4-6-12(16)7-5-11/h4-7,9-10H,8,17H2,1-3H3. The van der Waals surface area contributed by atoms with Crippen molar-refractivity contribution >= 4 is 22.9 Å². The third-order valence-electron chi connectivity index (χ3n) is 2.95. The van der Waals surface area contributed by atoms with Crippen molar-refractivity contribution in [2.24, 2.45) is 5.73 Å². The van der Waals surface area contributed by atoms with Crippen LogP contribution in [0.1, 0.15) is 53.9 Å². The van der Waals surface area contributed by atoms with Gasteiger partial charge < -0.3 is 5.73 Å². The molecule has 4 heteroatoms. The van der Waals surface area contributed by atoms with Gasteiger partial charge in [-0.3, -0.25) is 0 Å². The minimum Gasteiger partial charge on any atom is -0.323 e. The van der Waals surface area contributed by atoms with Crippen molar-refractivity contribution in [1.82, 2.24) is 4.98 Å². The lowest BCUT2D eigenvalue weighted by molar-refractivity contribution is 0.759. The van der Waals surface area contributed by atoms with Crippen LogP contribution in [-0.4, -0.2) is 4.98 Å². The first-order chi connectivity index (χ1) is 8.97. The summed E-state index contributed by atoms with van der Waals surface area (Å²) in [5.41, 5.74) is 8.40. The van der Waals surface area contributed by atoms with Gasteiger partial charge in [-0.05, 0) is 30.5 Å². The predicted molar refractivity (Wildman–Crippen MR) is 83.1 cm³/mol. The van der Waals surface area contributed by atoms with E-state index in [4.69, 9.17) is 22.3 Å². The molecule has 1 heterocycles. The van der Waals surface area contributed by atoms with Gasteiger partial charge in [0.2, 0.25) is 0 Å². The number of benzene rings is 1. The molecule has 2 nitrogen and oxygen atoms in total. The average molecular weight is 295 g/mol. The van der Waals surface area contributed by atoms with Crippen LogP contribution in [0.15, 0.2) is 24.3 Å². The van der Waals surface area contributed by atoms with Gasteiger partial charge in [-0.15, -0.1) is 11.3 Å². The Hall–Kier alpha value is -0.900. The second-order valence-corrected chi connectivity index (χ2v) is 6.66. The highest BCUT2D eigenvalue weighted by Crippen LogP contribution is 2.30.